The fourth-order valence-corrected chi connectivity index (χ4v) is 5.27. The summed E-state index contributed by atoms with van der Waals surface area (Å²) >= 11 is 0. The van der Waals surface area contributed by atoms with Gasteiger partial charge in [-0.1, -0.05) is 83.4 Å². The Morgan fingerprint density at radius 2 is 1.41 bits per heavy atom. The lowest BCUT2D eigenvalue weighted by Gasteiger charge is -2.43. The molecule has 2 aromatic carbocycles. The normalized spacial score (nSPS) is 21.5. The van der Waals surface area contributed by atoms with Crippen LogP contribution in [0.5, 0.6) is 0 Å². The van der Waals surface area contributed by atoms with Gasteiger partial charge in [-0.2, -0.15) is 0 Å². The minimum Gasteiger partial charge on any atom is -0.382 e. The van der Waals surface area contributed by atoms with Crippen molar-refractivity contribution in [3.63, 3.8) is 0 Å². The Morgan fingerprint density at radius 1 is 0.741 bits per heavy atom. The van der Waals surface area contributed by atoms with Gasteiger partial charge in [-0.15, -0.1) is 0 Å². The summed E-state index contributed by atoms with van der Waals surface area (Å²) in [7, 11) is 0. The molecule has 0 radical (unpaired) electrons. The van der Waals surface area contributed by atoms with Crippen molar-refractivity contribution in [1.82, 2.24) is 0 Å². The molecule has 2 aliphatic rings. The van der Waals surface area contributed by atoms with Crippen LogP contribution in [0.3, 0.4) is 0 Å². The van der Waals surface area contributed by atoms with E-state index in [-0.39, 0.29) is 10.8 Å². The van der Waals surface area contributed by atoms with Crippen LogP contribution in [-0.4, -0.2) is 6.04 Å². The van der Waals surface area contributed by atoms with Crippen molar-refractivity contribution in [3.8, 4) is 11.1 Å². The summed E-state index contributed by atoms with van der Waals surface area (Å²) in [5.74, 6) is 0. The van der Waals surface area contributed by atoms with Gasteiger partial charge in [-0.25, -0.2) is 0 Å². The lowest BCUT2D eigenvalue weighted by atomic mass is 9.61. The molecule has 0 unspecified atom stereocenters. The van der Waals surface area contributed by atoms with Crippen molar-refractivity contribution in [1.29, 1.82) is 0 Å². The van der Waals surface area contributed by atoms with Crippen molar-refractivity contribution in [2.75, 3.05) is 5.32 Å². The first kappa shape index (κ1) is 18.6. The largest absolute Gasteiger partial charge is 0.382 e. The molecule has 4 rings (SSSR count). The smallest absolute Gasteiger partial charge is 0.0422 e. The molecule has 0 heterocycles. The topological polar surface area (TPSA) is 12.0 Å². The highest BCUT2D eigenvalue weighted by atomic mass is 14.9. The number of nitrogens with one attached hydrogen (secondary N) is 1. The van der Waals surface area contributed by atoms with Crippen LogP contribution in [0.15, 0.2) is 42.5 Å². The molecule has 2 aromatic rings. The fourth-order valence-electron chi connectivity index (χ4n) is 5.27. The van der Waals surface area contributed by atoms with E-state index in [4.69, 9.17) is 0 Å². The van der Waals surface area contributed by atoms with E-state index in [1.807, 2.05) is 0 Å². The third-order valence-corrected chi connectivity index (χ3v) is 7.03. The van der Waals surface area contributed by atoms with Crippen molar-refractivity contribution in [3.05, 3.63) is 53.6 Å². The number of benzene rings is 2. The number of hydrogen-bond acceptors (Lipinski definition) is 1. The van der Waals surface area contributed by atoms with E-state index in [0.29, 0.717) is 6.04 Å². The molecule has 2 aliphatic carbocycles. The van der Waals surface area contributed by atoms with E-state index in [1.165, 1.54) is 61.8 Å². The van der Waals surface area contributed by atoms with Crippen LogP contribution in [0, 0.1) is 0 Å². The second kappa shape index (κ2) is 7.00. The van der Waals surface area contributed by atoms with E-state index >= 15 is 0 Å². The van der Waals surface area contributed by atoms with E-state index in [0.717, 1.165) is 0 Å². The number of hydrogen-bond donors (Lipinski definition) is 1. The minimum atomic E-state index is 0.222. The van der Waals surface area contributed by atoms with Gasteiger partial charge < -0.3 is 5.32 Å². The first-order chi connectivity index (χ1) is 12.9. The quantitative estimate of drug-likeness (QED) is 0.598. The highest BCUT2D eigenvalue weighted by Gasteiger charge is 2.38. The van der Waals surface area contributed by atoms with Crippen LogP contribution in [0.2, 0.25) is 0 Å². The molecule has 0 spiro atoms. The maximum absolute atomic E-state index is 3.90. The predicted molar refractivity (Wildman–Crippen MR) is 118 cm³/mol. The zero-order valence-corrected chi connectivity index (χ0v) is 17.6. The Labute approximate surface area is 165 Å². The second-order valence-corrected chi connectivity index (χ2v) is 10.0. The first-order valence-corrected chi connectivity index (χ1v) is 10.9. The summed E-state index contributed by atoms with van der Waals surface area (Å²) in [4.78, 5) is 0. The average molecular weight is 362 g/mol. The highest BCUT2D eigenvalue weighted by molar-refractivity contribution is 5.82. The average Bonchev–Trinajstić information content (AvgIpc) is 2.66. The van der Waals surface area contributed by atoms with Gasteiger partial charge in [0.25, 0.3) is 0 Å². The summed E-state index contributed by atoms with van der Waals surface area (Å²) < 4.78 is 0. The van der Waals surface area contributed by atoms with Gasteiger partial charge in [0, 0.05) is 17.3 Å². The van der Waals surface area contributed by atoms with Gasteiger partial charge >= 0.3 is 0 Å². The highest BCUT2D eigenvalue weighted by Crippen LogP contribution is 2.50. The van der Waals surface area contributed by atoms with Crippen LogP contribution < -0.4 is 5.32 Å². The predicted octanol–water partition coefficient (Wildman–Crippen LogP) is 7.45. The lowest BCUT2D eigenvalue weighted by molar-refractivity contribution is 0.333. The second-order valence-electron chi connectivity index (χ2n) is 10.0. The Hall–Kier alpha value is -1.76. The standard InChI is InChI=1S/C26H35N/c1-25(2)17-18-26(3,4)24-21(14-10-15-22(24)25)20-13-8-9-16-23(20)27-19-11-6-5-7-12-19/h8-10,13-16,19,27H,5-7,11-12,17-18H2,1-4H3. The Kier molecular flexibility index (Phi) is 4.82. The van der Waals surface area contributed by atoms with Crippen molar-refractivity contribution < 1.29 is 0 Å². The third kappa shape index (κ3) is 3.53. The van der Waals surface area contributed by atoms with Crippen LogP contribution in [0.4, 0.5) is 5.69 Å². The summed E-state index contributed by atoms with van der Waals surface area (Å²) in [6, 6.07) is 16.6. The van der Waals surface area contributed by atoms with Crippen LogP contribution in [0.1, 0.15) is 83.8 Å². The number of para-hydroxylation sites is 1. The van der Waals surface area contributed by atoms with Gasteiger partial charge in [0.2, 0.25) is 0 Å². The molecule has 0 bridgehead atoms. The minimum absolute atomic E-state index is 0.222. The number of rotatable bonds is 3. The van der Waals surface area contributed by atoms with Crippen molar-refractivity contribution in [2.45, 2.75) is 89.5 Å². The summed E-state index contributed by atoms with van der Waals surface area (Å²) in [5, 5.41) is 3.90. The molecule has 0 aliphatic heterocycles. The van der Waals surface area contributed by atoms with E-state index in [2.05, 4.69) is 75.5 Å². The van der Waals surface area contributed by atoms with E-state index < -0.39 is 0 Å². The van der Waals surface area contributed by atoms with Gasteiger partial charge in [-0.3, -0.25) is 0 Å². The van der Waals surface area contributed by atoms with Gasteiger partial charge in [-0.05, 0) is 59.3 Å². The Bertz CT molecular complexity index is 809. The monoisotopic (exact) mass is 361 g/mol. The molecule has 1 nitrogen and oxygen atoms in total. The van der Waals surface area contributed by atoms with E-state index in [9.17, 15) is 0 Å². The van der Waals surface area contributed by atoms with Gasteiger partial charge in [0.05, 0.1) is 0 Å². The number of anilines is 1. The van der Waals surface area contributed by atoms with Crippen LogP contribution >= 0.6 is 0 Å². The van der Waals surface area contributed by atoms with E-state index in [1.54, 1.807) is 11.1 Å². The maximum atomic E-state index is 3.90. The molecule has 0 amide bonds. The van der Waals surface area contributed by atoms with Crippen LogP contribution in [-0.2, 0) is 10.8 Å². The molecule has 1 N–H and O–H groups in total. The summed E-state index contributed by atoms with van der Waals surface area (Å²) in [6.45, 7) is 9.69. The van der Waals surface area contributed by atoms with Gasteiger partial charge in [0.15, 0.2) is 0 Å². The molecule has 0 aromatic heterocycles. The summed E-state index contributed by atoms with van der Waals surface area (Å²) in [6.07, 6.45) is 9.25. The van der Waals surface area contributed by atoms with Crippen LogP contribution in [0.25, 0.3) is 11.1 Å². The molecule has 144 valence electrons. The zero-order valence-electron chi connectivity index (χ0n) is 17.6. The van der Waals surface area contributed by atoms with Crippen molar-refractivity contribution >= 4 is 5.69 Å². The molecule has 1 saturated carbocycles. The summed E-state index contributed by atoms with van der Waals surface area (Å²) in [5.41, 5.74) is 7.72. The number of fused-ring (bicyclic) bond motifs is 1. The molecular formula is C26H35N. The molecule has 0 saturated heterocycles. The Morgan fingerprint density at radius 3 is 2.19 bits per heavy atom. The first-order valence-electron chi connectivity index (χ1n) is 10.9. The maximum Gasteiger partial charge on any atom is 0.0422 e. The Balaban J connectivity index is 1.81. The zero-order chi connectivity index (χ0) is 19.1. The lowest BCUT2D eigenvalue weighted by Crippen LogP contribution is -2.34. The fraction of sp³-hybridized carbons (Fsp3) is 0.538. The SMILES string of the molecule is CC1(C)CCC(C)(C)c2c(-c3ccccc3NC3CCCCC3)cccc21. The van der Waals surface area contributed by atoms with Gasteiger partial charge in [0.1, 0.15) is 0 Å². The third-order valence-electron chi connectivity index (χ3n) is 7.03. The molecule has 1 fully saturated rings. The molecular weight excluding hydrogens is 326 g/mol. The van der Waals surface area contributed by atoms with Crippen molar-refractivity contribution in [2.24, 2.45) is 0 Å². The molecule has 27 heavy (non-hydrogen) atoms. The molecule has 1 heteroatoms. The molecule has 0 atom stereocenters.